The van der Waals surface area contributed by atoms with Crippen LogP contribution in [0.2, 0.25) is 0 Å². The number of benzene rings is 1. The van der Waals surface area contributed by atoms with Crippen LogP contribution in [0.5, 0.6) is 5.75 Å². The molecule has 1 aromatic carbocycles. The van der Waals surface area contributed by atoms with Crippen LogP contribution in [0.3, 0.4) is 0 Å². The van der Waals surface area contributed by atoms with Crippen molar-refractivity contribution in [1.82, 2.24) is 9.78 Å². The van der Waals surface area contributed by atoms with E-state index in [4.69, 9.17) is 5.73 Å². The summed E-state index contributed by atoms with van der Waals surface area (Å²) in [5.74, 6) is 0.275. The minimum absolute atomic E-state index is 0.264. The van der Waals surface area contributed by atoms with Gasteiger partial charge in [-0.05, 0) is 49.1 Å². The van der Waals surface area contributed by atoms with E-state index in [-0.39, 0.29) is 11.8 Å². The van der Waals surface area contributed by atoms with Crippen molar-refractivity contribution < 1.29 is 5.11 Å². The first-order valence-electron chi connectivity index (χ1n) is 5.85. The molecule has 1 atom stereocenters. The SMILES string of the molecule is NC1CCc2c(cnn2-c2ccc(O)cc2)C1. The summed E-state index contributed by atoms with van der Waals surface area (Å²) in [4.78, 5) is 0. The van der Waals surface area contributed by atoms with Crippen molar-refractivity contribution in [2.24, 2.45) is 5.73 Å². The van der Waals surface area contributed by atoms with E-state index in [1.165, 1.54) is 11.3 Å². The molecule has 0 saturated carbocycles. The molecule has 0 aliphatic heterocycles. The van der Waals surface area contributed by atoms with Gasteiger partial charge in [0.15, 0.2) is 0 Å². The van der Waals surface area contributed by atoms with Gasteiger partial charge in [-0.15, -0.1) is 0 Å². The average molecular weight is 229 g/mol. The largest absolute Gasteiger partial charge is 0.508 e. The lowest BCUT2D eigenvalue weighted by molar-refractivity contribution is 0.475. The molecule has 0 bridgehead atoms. The Balaban J connectivity index is 2.02. The molecule has 0 amide bonds. The minimum Gasteiger partial charge on any atom is -0.508 e. The zero-order valence-corrected chi connectivity index (χ0v) is 9.50. The Labute approximate surface area is 99.7 Å². The number of phenolic OH excluding ortho intramolecular Hbond substituents is 1. The van der Waals surface area contributed by atoms with Crippen molar-refractivity contribution in [2.45, 2.75) is 25.3 Å². The Kier molecular flexibility index (Phi) is 2.37. The number of aromatic hydroxyl groups is 1. The highest BCUT2D eigenvalue weighted by atomic mass is 16.3. The first kappa shape index (κ1) is 10.4. The maximum atomic E-state index is 9.28. The topological polar surface area (TPSA) is 64.1 Å². The van der Waals surface area contributed by atoms with E-state index in [1.54, 1.807) is 12.1 Å². The first-order valence-corrected chi connectivity index (χ1v) is 5.85. The van der Waals surface area contributed by atoms with Crippen LogP contribution in [0.25, 0.3) is 5.69 Å². The fourth-order valence-electron chi connectivity index (χ4n) is 2.37. The quantitative estimate of drug-likeness (QED) is 0.776. The third-order valence-electron chi connectivity index (χ3n) is 3.28. The van der Waals surface area contributed by atoms with Gasteiger partial charge in [0.2, 0.25) is 0 Å². The Morgan fingerprint density at radius 3 is 2.82 bits per heavy atom. The van der Waals surface area contributed by atoms with Gasteiger partial charge in [0.05, 0.1) is 11.9 Å². The lowest BCUT2D eigenvalue weighted by Gasteiger charge is -2.19. The van der Waals surface area contributed by atoms with Gasteiger partial charge in [-0.1, -0.05) is 0 Å². The van der Waals surface area contributed by atoms with Crippen LogP contribution in [0.15, 0.2) is 30.5 Å². The number of hydrogen-bond donors (Lipinski definition) is 2. The summed E-state index contributed by atoms with van der Waals surface area (Å²) in [7, 11) is 0. The average Bonchev–Trinajstić information content (AvgIpc) is 2.73. The molecule has 1 unspecified atom stereocenters. The van der Waals surface area contributed by atoms with E-state index in [0.717, 1.165) is 24.9 Å². The fraction of sp³-hybridized carbons (Fsp3) is 0.308. The summed E-state index contributed by atoms with van der Waals surface area (Å²) in [5.41, 5.74) is 9.43. The van der Waals surface area contributed by atoms with Gasteiger partial charge < -0.3 is 10.8 Å². The standard InChI is InChI=1S/C13H15N3O/c14-10-1-6-13-9(7-10)8-15-16(13)11-2-4-12(17)5-3-11/h2-5,8,10,17H,1,6-7,14H2. The third-order valence-corrected chi connectivity index (χ3v) is 3.28. The zero-order valence-electron chi connectivity index (χ0n) is 9.50. The van der Waals surface area contributed by atoms with Crippen LogP contribution >= 0.6 is 0 Å². The highest BCUT2D eigenvalue weighted by Crippen LogP contribution is 2.23. The van der Waals surface area contributed by atoms with Crippen molar-refractivity contribution >= 4 is 0 Å². The summed E-state index contributed by atoms with van der Waals surface area (Å²) in [5, 5.41) is 13.7. The highest BCUT2D eigenvalue weighted by Gasteiger charge is 2.20. The van der Waals surface area contributed by atoms with Crippen LogP contribution < -0.4 is 5.73 Å². The van der Waals surface area contributed by atoms with Gasteiger partial charge in [0, 0.05) is 11.7 Å². The highest BCUT2D eigenvalue weighted by molar-refractivity contribution is 5.39. The van der Waals surface area contributed by atoms with Gasteiger partial charge in [-0.25, -0.2) is 4.68 Å². The van der Waals surface area contributed by atoms with E-state index in [2.05, 4.69) is 5.10 Å². The van der Waals surface area contributed by atoms with E-state index in [0.29, 0.717) is 0 Å². The number of nitrogens with two attached hydrogens (primary N) is 1. The molecule has 0 radical (unpaired) electrons. The molecule has 1 aliphatic carbocycles. The van der Waals surface area contributed by atoms with E-state index in [9.17, 15) is 5.11 Å². The maximum Gasteiger partial charge on any atom is 0.115 e. The molecular weight excluding hydrogens is 214 g/mol. The molecule has 1 aromatic heterocycles. The number of nitrogens with zero attached hydrogens (tertiary/aromatic N) is 2. The smallest absolute Gasteiger partial charge is 0.115 e. The first-order chi connectivity index (χ1) is 8.24. The van der Waals surface area contributed by atoms with E-state index >= 15 is 0 Å². The zero-order chi connectivity index (χ0) is 11.8. The Morgan fingerprint density at radius 2 is 2.06 bits per heavy atom. The third kappa shape index (κ3) is 1.80. The molecule has 1 heterocycles. The van der Waals surface area contributed by atoms with Crippen molar-refractivity contribution in [3.63, 3.8) is 0 Å². The molecule has 4 nitrogen and oxygen atoms in total. The number of fused-ring (bicyclic) bond motifs is 1. The van der Waals surface area contributed by atoms with Crippen LogP contribution in [-0.4, -0.2) is 20.9 Å². The minimum atomic E-state index is 0.264. The van der Waals surface area contributed by atoms with Crippen LogP contribution in [0.1, 0.15) is 17.7 Å². The maximum absolute atomic E-state index is 9.28. The van der Waals surface area contributed by atoms with Gasteiger partial charge in [0.1, 0.15) is 5.75 Å². The monoisotopic (exact) mass is 229 g/mol. The van der Waals surface area contributed by atoms with Crippen LogP contribution in [0.4, 0.5) is 0 Å². The van der Waals surface area contributed by atoms with Crippen molar-refractivity contribution in [3.8, 4) is 11.4 Å². The van der Waals surface area contributed by atoms with E-state index < -0.39 is 0 Å². The normalized spacial score (nSPS) is 19.0. The molecule has 2 aromatic rings. The lowest BCUT2D eigenvalue weighted by Crippen LogP contribution is -2.28. The van der Waals surface area contributed by atoms with Gasteiger partial charge in [0.25, 0.3) is 0 Å². The second-order valence-corrected chi connectivity index (χ2v) is 4.55. The predicted octanol–water partition coefficient (Wildman–Crippen LogP) is 1.39. The number of hydrogen-bond acceptors (Lipinski definition) is 3. The van der Waals surface area contributed by atoms with Crippen LogP contribution in [-0.2, 0) is 12.8 Å². The summed E-state index contributed by atoms with van der Waals surface area (Å²) in [6.07, 6.45) is 4.79. The van der Waals surface area contributed by atoms with Crippen LogP contribution in [0, 0.1) is 0 Å². The molecule has 0 fully saturated rings. The molecule has 17 heavy (non-hydrogen) atoms. The number of rotatable bonds is 1. The second kappa shape index (κ2) is 3.89. The lowest BCUT2D eigenvalue weighted by atomic mass is 9.94. The summed E-state index contributed by atoms with van der Waals surface area (Å²) in [6.45, 7) is 0. The Morgan fingerprint density at radius 1 is 1.29 bits per heavy atom. The molecule has 4 heteroatoms. The Hall–Kier alpha value is -1.81. The molecular formula is C13H15N3O. The van der Waals surface area contributed by atoms with Gasteiger partial charge in [-0.2, -0.15) is 5.10 Å². The molecule has 88 valence electrons. The molecule has 3 rings (SSSR count). The van der Waals surface area contributed by atoms with Crippen molar-refractivity contribution in [1.29, 1.82) is 0 Å². The molecule has 0 spiro atoms. The van der Waals surface area contributed by atoms with Gasteiger partial charge in [-0.3, -0.25) is 0 Å². The summed E-state index contributed by atoms with van der Waals surface area (Å²) >= 11 is 0. The summed E-state index contributed by atoms with van der Waals surface area (Å²) < 4.78 is 1.95. The summed E-state index contributed by atoms with van der Waals surface area (Å²) in [6, 6.07) is 7.37. The predicted molar refractivity (Wildman–Crippen MR) is 65.2 cm³/mol. The fourth-order valence-corrected chi connectivity index (χ4v) is 2.37. The van der Waals surface area contributed by atoms with E-state index in [1.807, 2.05) is 23.0 Å². The molecule has 1 aliphatic rings. The molecule has 0 saturated heterocycles. The van der Waals surface area contributed by atoms with Crippen molar-refractivity contribution in [2.75, 3.05) is 0 Å². The van der Waals surface area contributed by atoms with Crippen molar-refractivity contribution in [3.05, 3.63) is 41.7 Å². The number of phenols is 1. The second-order valence-electron chi connectivity index (χ2n) is 4.55. The molecule has 3 N–H and O–H groups in total. The Bertz CT molecular complexity index is 530. The van der Waals surface area contributed by atoms with Gasteiger partial charge >= 0.3 is 0 Å². The number of aromatic nitrogens is 2.